The van der Waals surface area contributed by atoms with Crippen LogP contribution < -0.4 is 5.32 Å². The van der Waals surface area contributed by atoms with Crippen molar-refractivity contribution in [1.29, 1.82) is 0 Å². The summed E-state index contributed by atoms with van der Waals surface area (Å²) in [6, 6.07) is 4.18. The van der Waals surface area contributed by atoms with E-state index in [1.54, 1.807) is 0 Å². The van der Waals surface area contributed by atoms with Crippen molar-refractivity contribution >= 4 is 17.3 Å². The first-order valence-electron chi connectivity index (χ1n) is 6.86. The van der Waals surface area contributed by atoms with Gasteiger partial charge in [-0.15, -0.1) is 0 Å². The summed E-state index contributed by atoms with van der Waals surface area (Å²) in [4.78, 5) is 21.5. The van der Waals surface area contributed by atoms with Gasteiger partial charge in [-0.3, -0.25) is 10.1 Å². The Bertz CT molecular complexity index is 498. The number of carboxylic acids is 1. The molecule has 0 bridgehead atoms. The maximum absolute atomic E-state index is 11.1. The van der Waals surface area contributed by atoms with Crippen LogP contribution in [0, 0.1) is 16.0 Å². The standard InChI is InChI=1S/C14H20N2O5/c1-2-4-10(7-8-17)9-15-12-6-3-5-11(14(18)19)13(12)16(20)21/h3,5-6,10,15,17H,2,4,7-9H2,1H3,(H,18,19). The van der Waals surface area contributed by atoms with E-state index < -0.39 is 16.6 Å². The van der Waals surface area contributed by atoms with Crippen LogP contribution in [-0.4, -0.2) is 34.3 Å². The van der Waals surface area contributed by atoms with E-state index in [4.69, 9.17) is 10.2 Å². The number of carboxylic acid groups (broad SMARTS) is 1. The second-order valence-electron chi connectivity index (χ2n) is 4.81. The minimum Gasteiger partial charge on any atom is -0.477 e. The van der Waals surface area contributed by atoms with Crippen LogP contribution in [0.4, 0.5) is 11.4 Å². The molecule has 0 spiro atoms. The lowest BCUT2D eigenvalue weighted by molar-refractivity contribution is -0.384. The number of carbonyl (C=O) groups is 1. The number of rotatable bonds is 9. The largest absolute Gasteiger partial charge is 0.477 e. The van der Waals surface area contributed by atoms with Gasteiger partial charge in [-0.25, -0.2) is 4.79 Å². The van der Waals surface area contributed by atoms with E-state index in [9.17, 15) is 14.9 Å². The van der Waals surface area contributed by atoms with Crippen molar-refractivity contribution in [2.24, 2.45) is 5.92 Å². The molecular formula is C14H20N2O5. The lowest BCUT2D eigenvalue weighted by Gasteiger charge is -2.16. The molecule has 0 heterocycles. The van der Waals surface area contributed by atoms with Gasteiger partial charge in [0.1, 0.15) is 11.3 Å². The Hall–Kier alpha value is -2.15. The molecule has 1 aromatic carbocycles. The van der Waals surface area contributed by atoms with Crippen molar-refractivity contribution in [2.45, 2.75) is 26.2 Å². The number of nitro benzene ring substituents is 1. The highest BCUT2D eigenvalue weighted by Crippen LogP contribution is 2.29. The lowest BCUT2D eigenvalue weighted by atomic mass is 10.00. The summed E-state index contributed by atoms with van der Waals surface area (Å²) in [7, 11) is 0. The SMILES string of the molecule is CCCC(CCO)CNc1cccc(C(=O)O)c1[N+](=O)[O-]. The van der Waals surface area contributed by atoms with Crippen LogP contribution in [0.25, 0.3) is 0 Å². The fourth-order valence-corrected chi connectivity index (χ4v) is 2.25. The third kappa shape index (κ3) is 4.71. The van der Waals surface area contributed by atoms with Gasteiger partial charge in [0.25, 0.3) is 0 Å². The molecule has 0 aliphatic carbocycles. The highest BCUT2D eigenvalue weighted by molar-refractivity contribution is 5.95. The molecule has 1 atom stereocenters. The number of nitrogens with zero attached hydrogens (tertiary/aromatic N) is 1. The molecule has 7 heteroatoms. The average Bonchev–Trinajstić information content (AvgIpc) is 2.44. The number of hydrogen-bond donors (Lipinski definition) is 3. The van der Waals surface area contributed by atoms with Gasteiger partial charge in [0.2, 0.25) is 0 Å². The van der Waals surface area contributed by atoms with Gasteiger partial charge in [-0.1, -0.05) is 19.4 Å². The Morgan fingerprint density at radius 3 is 2.67 bits per heavy atom. The van der Waals surface area contributed by atoms with Gasteiger partial charge in [-0.2, -0.15) is 0 Å². The molecule has 0 aliphatic rings. The molecule has 1 unspecified atom stereocenters. The van der Waals surface area contributed by atoms with Crippen LogP contribution in [0.5, 0.6) is 0 Å². The maximum atomic E-state index is 11.1. The summed E-state index contributed by atoms with van der Waals surface area (Å²) >= 11 is 0. The fraction of sp³-hybridized carbons (Fsp3) is 0.500. The van der Waals surface area contributed by atoms with Crippen LogP contribution >= 0.6 is 0 Å². The Kier molecular flexibility index (Phi) is 6.61. The van der Waals surface area contributed by atoms with Gasteiger partial charge in [0.15, 0.2) is 0 Å². The number of para-hydroxylation sites is 1. The van der Waals surface area contributed by atoms with E-state index in [0.717, 1.165) is 12.8 Å². The summed E-state index contributed by atoms with van der Waals surface area (Å²) in [5.74, 6) is -1.14. The number of aromatic carboxylic acids is 1. The molecule has 116 valence electrons. The predicted molar refractivity (Wildman–Crippen MR) is 78.6 cm³/mol. The zero-order valence-electron chi connectivity index (χ0n) is 11.9. The molecule has 0 radical (unpaired) electrons. The molecule has 3 N–H and O–H groups in total. The van der Waals surface area contributed by atoms with Crippen molar-refractivity contribution < 1.29 is 19.9 Å². The third-order valence-electron chi connectivity index (χ3n) is 3.26. The van der Waals surface area contributed by atoms with Gasteiger partial charge >= 0.3 is 11.7 Å². The van der Waals surface area contributed by atoms with Gasteiger partial charge in [-0.05, 0) is 30.9 Å². The number of nitrogens with one attached hydrogen (secondary N) is 1. The zero-order valence-corrected chi connectivity index (χ0v) is 11.9. The minimum atomic E-state index is -1.33. The Labute approximate surface area is 122 Å². The van der Waals surface area contributed by atoms with Crippen molar-refractivity contribution in [1.82, 2.24) is 0 Å². The molecule has 0 amide bonds. The predicted octanol–water partition coefficient (Wildman–Crippen LogP) is 2.50. The van der Waals surface area contributed by atoms with Crippen LogP contribution in [0.3, 0.4) is 0 Å². The summed E-state index contributed by atoms with van der Waals surface area (Å²) in [5, 5.41) is 32.1. The number of aliphatic hydroxyl groups is 1. The molecule has 1 rings (SSSR count). The highest BCUT2D eigenvalue weighted by atomic mass is 16.6. The highest BCUT2D eigenvalue weighted by Gasteiger charge is 2.24. The van der Waals surface area contributed by atoms with E-state index in [1.807, 2.05) is 6.92 Å². The Morgan fingerprint density at radius 2 is 2.14 bits per heavy atom. The lowest BCUT2D eigenvalue weighted by Crippen LogP contribution is -2.17. The average molecular weight is 296 g/mol. The van der Waals surface area contributed by atoms with Crippen LogP contribution in [-0.2, 0) is 0 Å². The Morgan fingerprint density at radius 1 is 1.43 bits per heavy atom. The second-order valence-corrected chi connectivity index (χ2v) is 4.81. The number of benzene rings is 1. The summed E-state index contributed by atoms with van der Waals surface area (Å²) in [6.45, 7) is 2.54. The van der Waals surface area contributed by atoms with Crippen molar-refractivity contribution in [3.05, 3.63) is 33.9 Å². The fourth-order valence-electron chi connectivity index (χ4n) is 2.25. The van der Waals surface area contributed by atoms with Gasteiger partial charge in [0, 0.05) is 13.2 Å². The minimum absolute atomic E-state index is 0.0591. The van der Waals surface area contributed by atoms with Gasteiger partial charge < -0.3 is 15.5 Å². The first kappa shape index (κ1) is 16.9. The molecule has 1 aromatic rings. The number of aliphatic hydroxyl groups excluding tert-OH is 1. The second kappa shape index (κ2) is 8.21. The molecule has 0 aromatic heterocycles. The molecule has 0 fully saturated rings. The quantitative estimate of drug-likeness (QED) is 0.476. The first-order valence-corrected chi connectivity index (χ1v) is 6.86. The van der Waals surface area contributed by atoms with E-state index in [-0.39, 0.29) is 23.8 Å². The first-order chi connectivity index (χ1) is 10.0. The van der Waals surface area contributed by atoms with E-state index in [1.165, 1.54) is 18.2 Å². The Balaban J connectivity index is 2.94. The topological polar surface area (TPSA) is 113 Å². The monoisotopic (exact) mass is 296 g/mol. The summed E-state index contributed by atoms with van der Waals surface area (Å²) < 4.78 is 0. The van der Waals surface area contributed by atoms with E-state index >= 15 is 0 Å². The third-order valence-corrected chi connectivity index (χ3v) is 3.26. The normalized spacial score (nSPS) is 11.9. The summed E-state index contributed by atoms with van der Waals surface area (Å²) in [5.41, 5.74) is -0.567. The molecule has 7 nitrogen and oxygen atoms in total. The van der Waals surface area contributed by atoms with E-state index in [2.05, 4.69) is 5.32 Å². The molecular weight excluding hydrogens is 276 g/mol. The van der Waals surface area contributed by atoms with Crippen molar-refractivity contribution in [2.75, 3.05) is 18.5 Å². The van der Waals surface area contributed by atoms with Crippen molar-refractivity contribution in [3.63, 3.8) is 0 Å². The van der Waals surface area contributed by atoms with Crippen LogP contribution in [0.1, 0.15) is 36.5 Å². The molecule has 21 heavy (non-hydrogen) atoms. The number of nitro groups is 1. The number of hydrogen-bond acceptors (Lipinski definition) is 5. The smallest absolute Gasteiger partial charge is 0.342 e. The maximum Gasteiger partial charge on any atom is 0.342 e. The molecule has 0 saturated carbocycles. The number of anilines is 1. The molecule has 0 aliphatic heterocycles. The zero-order chi connectivity index (χ0) is 15.8. The van der Waals surface area contributed by atoms with E-state index in [0.29, 0.717) is 13.0 Å². The van der Waals surface area contributed by atoms with Crippen LogP contribution in [0.15, 0.2) is 18.2 Å². The van der Waals surface area contributed by atoms with Crippen LogP contribution in [0.2, 0.25) is 0 Å². The van der Waals surface area contributed by atoms with Gasteiger partial charge in [0.05, 0.1) is 4.92 Å². The molecule has 0 saturated heterocycles. The summed E-state index contributed by atoms with van der Waals surface area (Å²) in [6.07, 6.45) is 2.44. The van der Waals surface area contributed by atoms with Crippen molar-refractivity contribution in [3.8, 4) is 0 Å².